The number of rotatable bonds is 3. The maximum atomic E-state index is 5.56. The molecule has 4 nitrogen and oxygen atoms in total. The van der Waals surface area contributed by atoms with Gasteiger partial charge in [-0.1, -0.05) is 35.0 Å². The van der Waals surface area contributed by atoms with Crippen LogP contribution in [0.15, 0.2) is 29.4 Å². The molecule has 1 fully saturated rings. The molecule has 1 atom stereocenters. The van der Waals surface area contributed by atoms with E-state index in [1.165, 1.54) is 11.1 Å². The molecule has 0 spiro atoms. The lowest BCUT2D eigenvalue weighted by molar-refractivity contribution is -0.0000387. The number of ether oxygens (including phenoxy) is 1. The zero-order chi connectivity index (χ0) is 13.1. The minimum Gasteiger partial charge on any atom is -0.390 e. The van der Waals surface area contributed by atoms with E-state index in [1.807, 2.05) is 0 Å². The zero-order valence-electron chi connectivity index (χ0n) is 11.3. The monoisotopic (exact) mass is 260 g/mol. The lowest BCUT2D eigenvalue weighted by Crippen LogP contribution is -2.41. The van der Waals surface area contributed by atoms with Crippen LogP contribution in [0.1, 0.15) is 17.5 Å². The van der Waals surface area contributed by atoms with E-state index in [2.05, 4.69) is 41.2 Å². The van der Waals surface area contributed by atoms with Gasteiger partial charge in [-0.05, 0) is 12.5 Å². The van der Waals surface area contributed by atoms with Gasteiger partial charge in [-0.2, -0.15) is 0 Å². The average Bonchev–Trinajstić information content (AvgIpc) is 2.89. The molecular formula is C15H20N2O2. The fourth-order valence-electron chi connectivity index (χ4n) is 2.51. The molecular weight excluding hydrogens is 240 g/mol. The van der Waals surface area contributed by atoms with Crippen molar-refractivity contribution >= 4 is 5.71 Å². The van der Waals surface area contributed by atoms with Gasteiger partial charge in [-0.3, -0.25) is 4.90 Å². The molecule has 2 aliphatic heterocycles. The molecule has 0 aliphatic carbocycles. The number of oxime groups is 1. The molecule has 4 heteroatoms. The highest BCUT2D eigenvalue weighted by Crippen LogP contribution is 2.18. The second kappa shape index (κ2) is 5.72. The first-order valence-corrected chi connectivity index (χ1v) is 6.91. The maximum absolute atomic E-state index is 5.56. The Morgan fingerprint density at radius 1 is 1.21 bits per heavy atom. The SMILES string of the molecule is Cc1ccc(C2=NOC(CN3CCOCC3)C2)cc1. The van der Waals surface area contributed by atoms with Gasteiger partial charge in [0.25, 0.3) is 0 Å². The summed E-state index contributed by atoms with van der Waals surface area (Å²) in [4.78, 5) is 7.95. The van der Waals surface area contributed by atoms with Crippen molar-refractivity contribution in [3.63, 3.8) is 0 Å². The van der Waals surface area contributed by atoms with Gasteiger partial charge in [0.1, 0.15) is 6.10 Å². The molecule has 102 valence electrons. The Hall–Kier alpha value is -1.39. The third kappa shape index (κ3) is 3.14. The number of hydrogen-bond donors (Lipinski definition) is 0. The van der Waals surface area contributed by atoms with Crippen molar-refractivity contribution in [1.82, 2.24) is 4.90 Å². The van der Waals surface area contributed by atoms with Crippen molar-refractivity contribution in [3.8, 4) is 0 Å². The zero-order valence-corrected chi connectivity index (χ0v) is 11.3. The number of aryl methyl sites for hydroxylation is 1. The molecule has 1 unspecified atom stereocenters. The Labute approximate surface area is 114 Å². The minimum absolute atomic E-state index is 0.189. The first kappa shape index (κ1) is 12.6. The van der Waals surface area contributed by atoms with Gasteiger partial charge in [-0.15, -0.1) is 0 Å². The Morgan fingerprint density at radius 3 is 2.68 bits per heavy atom. The second-order valence-corrected chi connectivity index (χ2v) is 5.25. The summed E-state index contributed by atoms with van der Waals surface area (Å²) in [6, 6.07) is 8.48. The summed E-state index contributed by atoms with van der Waals surface area (Å²) in [6.07, 6.45) is 1.09. The summed E-state index contributed by atoms with van der Waals surface area (Å²) in [6.45, 7) is 6.70. The van der Waals surface area contributed by atoms with Crippen LogP contribution in [0.4, 0.5) is 0 Å². The largest absolute Gasteiger partial charge is 0.390 e. The van der Waals surface area contributed by atoms with Crippen LogP contribution in [-0.4, -0.2) is 49.6 Å². The van der Waals surface area contributed by atoms with Crippen molar-refractivity contribution in [2.45, 2.75) is 19.4 Å². The van der Waals surface area contributed by atoms with Gasteiger partial charge in [-0.25, -0.2) is 0 Å². The maximum Gasteiger partial charge on any atom is 0.145 e. The van der Waals surface area contributed by atoms with E-state index in [9.17, 15) is 0 Å². The standard InChI is InChI=1S/C15H20N2O2/c1-12-2-4-13(5-3-12)15-10-14(19-16-15)11-17-6-8-18-9-7-17/h2-5,14H,6-11H2,1H3. The molecule has 0 amide bonds. The summed E-state index contributed by atoms with van der Waals surface area (Å²) >= 11 is 0. The molecule has 1 aromatic carbocycles. The summed E-state index contributed by atoms with van der Waals surface area (Å²) in [5.41, 5.74) is 3.52. The second-order valence-electron chi connectivity index (χ2n) is 5.25. The summed E-state index contributed by atoms with van der Waals surface area (Å²) < 4.78 is 5.35. The van der Waals surface area contributed by atoms with Crippen LogP contribution in [-0.2, 0) is 9.57 Å². The van der Waals surface area contributed by atoms with Crippen LogP contribution in [0.25, 0.3) is 0 Å². The van der Waals surface area contributed by atoms with Gasteiger partial charge in [0.2, 0.25) is 0 Å². The molecule has 19 heavy (non-hydrogen) atoms. The van der Waals surface area contributed by atoms with E-state index >= 15 is 0 Å². The Morgan fingerprint density at radius 2 is 1.95 bits per heavy atom. The number of morpholine rings is 1. The predicted molar refractivity (Wildman–Crippen MR) is 74.5 cm³/mol. The first-order chi connectivity index (χ1) is 9.31. The van der Waals surface area contributed by atoms with Crippen molar-refractivity contribution in [1.29, 1.82) is 0 Å². The molecule has 2 aliphatic rings. The minimum atomic E-state index is 0.189. The fraction of sp³-hybridized carbons (Fsp3) is 0.533. The van der Waals surface area contributed by atoms with Crippen LogP contribution in [0.5, 0.6) is 0 Å². The lowest BCUT2D eigenvalue weighted by atomic mass is 10.0. The number of hydrogen-bond acceptors (Lipinski definition) is 4. The molecule has 1 saturated heterocycles. The molecule has 3 rings (SSSR count). The first-order valence-electron chi connectivity index (χ1n) is 6.91. The molecule has 1 aromatic rings. The molecule has 2 heterocycles. The van der Waals surface area contributed by atoms with E-state index in [1.54, 1.807) is 0 Å². The van der Waals surface area contributed by atoms with Crippen LogP contribution in [0.3, 0.4) is 0 Å². The summed E-state index contributed by atoms with van der Waals surface area (Å²) in [5, 5.41) is 4.24. The quantitative estimate of drug-likeness (QED) is 0.831. The third-order valence-electron chi connectivity index (χ3n) is 3.68. The summed E-state index contributed by atoms with van der Waals surface area (Å²) in [7, 11) is 0. The van der Waals surface area contributed by atoms with E-state index in [4.69, 9.17) is 9.57 Å². The van der Waals surface area contributed by atoms with Gasteiger partial charge in [0.05, 0.1) is 18.9 Å². The van der Waals surface area contributed by atoms with Crippen molar-refractivity contribution in [2.75, 3.05) is 32.8 Å². The Bertz CT molecular complexity index is 450. The average molecular weight is 260 g/mol. The number of nitrogens with zero attached hydrogens (tertiary/aromatic N) is 2. The van der Waals surface area contributed by atoms with Crippen molar-refractivity contribution in [2.24, 2.45) is 5.16 Å². The van der Waals surface area contributed by atoms with Gasteiger partial charge >= 0.3 is 0 Å². The highest BCUT2D eigenvalue weighted by molar-refractivity contribution is 6.01. The van der Waals surface area contributed by atoms with Crippen LogP contribution in [0, 0.1) is 6.92 Å². The van der Waals surface area contributed by atoms with E-state index in [0.717, 1.165) is 45.0 Å². The van der Waals surface area contributed by atoms with Gasteiger partial charge in [0, 0.05) is 26.1 Å². The normalized spacial score (nSPS) is 24.1. The predicted octanol–water partition coefficient (Wildman–Crippen LogP) is 1.82. The molecule has 0 radical (unpaired) electrons. The summed E-state index contributed by atoms with van der Waals surface area (Å²) in [5.74, 6) is 0. The highest BCUT2D eigenvalue weighted by atomic mass is 16.6. The molecule has 0 saturated carbocycles. The van der Waals surface area contributed by atoms with Gasteiger partial charge < -0.3 is 9.57 Å². The van der Waals surface area contributed by atoms with E-state index in [0.29, 0.717) is 0 Å². The Balaban J connectivity index is 1.55. The van der Waals surface area contributed by atoms with Crippen LogP contribution >= 0.6 is 0 Å². The van der Waals surface area contributed by atoms with Crippen LogP contribution in [0.2, 0.25) is 0 Å². The van der Waals surface area contributed by atoms with E-state index < -0.39 is 0 Å². The van der Waals surface area contributed by atoms with E-state index in [-0.39, 0.29) is 6.10 Å². The van der Waals surface area contributed by atoms with Crippen LogP contribution < -0.4 is 0 Å². The number of benzene rings is 1. The fourth-order valence-corrected chi connectivity index (χ4v) is 2.51. The third-order valence-corrected chi connectivity index (χ3v) is 3.68. The lowest BCUT2D eigenvalue weighted by Gasteiger charge is -2.27. The highest BCUT2D eigenvalue weighted by Gasteiger charge is 2.25. The molecule has 0 aromatic heterocycles. The van der Waals surface area contributed by atoms with Gasteiger partial charge in [0.15, 0.2) is 0 Å². The molecule has 0 bridgehead atoms. The van der Waals surface area contributed by atoms with Crippen molar-refractivity contribution in [3.05, 3.63) is 35.4 Å². The smallest absolute Gasteiger partial charge is 0.145 e. The van der Waals surface area contributed by atoms with Crippen molar-refractivity contribution < 1.29 is 9.57 Å². The topological polar surface area (TPSA) is 34.1 Å². The Kier molecular flexibility index (Phi) is 3.80. The molecule has 0 N–H and O–H groups in total.